The molecule has 0 aliphatic carbocycles. The Labute approximate surface area is 178 Å². The number of morpholine rings is 1. The molecule has 1 aromatic carbocycles. The number of halogens is 1. The first-order valence-electron chi connectivity index (χ1n) is 9.41. The first kappa shape index (κ1) is 20.0. The van der Waals surface area contributed by atoms with Crippen LogP contribution < -0.4 is 5.32 Å². The van der Waals surface area contributed by atoms with Crippen LogP contribution in [0, 0.1) is 0 Å². The van der Waals surface area contributed by atoms with E-state index in [1.165, 1.54) is 16.9 Å². The molecule has 3 heterocycles. The Morgan fingerprint density at radius 1 is 1.21 bits per heavy atom. The smallest absolute Gasteiger partial charge is 0.230 e. The number of thiazole rings is 1. The lowest BCUT2D eigenvalue weighted by molar-refractivity contribution is -0.115. The van der Waals surface area contributed by atoms with E-state index in [0.717, 1.165) is 49.1 Å². The van der Waals surface area contributed by atoms with Gasteiger partial charge < -0.3 is 10.1 Å². The molecule has 1 aliphatic heterocycles. The summed E-state index contributed by atoms with van der Waals surface area (Å²) in [5.74, 6) is -0.169. The Morgan fingerprint density at radius 3 is 2.76 bits per heavy atom. The van der Waals surface area contributed by atoms with Gasteiger partial charge in [-0.1, -0.05) is 35.9 Å². The fourth-order valence-corrected chi connectivity index (χ4v) is 4.12. The Balaban J connectivity index is 1.35. The number of anilines is 1. The number of amides is 1. The van der Waals surface area contributed by atoms with Crippen molar-refractivity contribution >= 4 is 34.5 Å². The number of rotatable bonds is 6. The summed E-state index contributed by atoms with van der Waals surface area (Å²) in [6, 6.07) is 11.9. The third-order valence-corrected chi connectivity index (χ3v) is 5.88. The minimum absolute atomic E-state index is 0.169. The van der Waals surface area contributed by atoms with Crippen LogP contribution in [0.5, 0.6) is 0 Å². The molecule has 1 amide bonds. The van der Waals surface area contributed by atoms with Crippen molar-refractivity contribution in [3.63, 3.8) is 0 Å². The van der Waals surface area contributed by atoms with Gasteiger partial charge in [0.2, 0.25) is 5.91 Å². The zero-order valence-corrected chi connectivity index (χ0v) is 17.4. The molecule has 0 radical (unpaired) electrons. The molecule has 29 heavy (non-hydrogen) atoms. The SMILES string of the molecule is O=C(Cc1csc(-c2ccc(CN3CCOCC3)cc2)n1)Nc1cccnc1Cl. The molecule has 0 bridgehead atoms. The van der Waals surface area contributed by atoms with Crippen molar-refractivity contribution in [2.24, 2.45) is 0 Å². The summed E-state index contributed by atoms with van der Waals surface area (Å²) in [5, 5.41) is 5.87. The van der Waals surface area contributed by atoms with Crippen LogP contribution in [0.2, 0.25) is 5.15 Å². The largest absolute Gasteiger partial charge is 0.379 e. The fourth-order valence-electron chi connectivity index (χ4n) is 3.13. The summed E-state index contributed by atoms with van der Waals surface area (Å²) in [4.78, 5) is 23.2. The standard InChI is InChI=1S/C21H21ClN4O2S/c22-20-18(2-1-7-23-20)25-19(27)12-17-14-29-21(24-17)16-5-3-15(4-6-16)13-26-8-10-28-11-9-26/h1-7,14H,8-13H2,(H,25,27). The molecule has 8 heteroatoms. The van der Waals surface area contributed by atoms with Crippen LogP contribution in [-0.2, 0) is 22.5 Å². The number of pyridine rings is 1. The van der Waals surface area contributed by atoms with Crippen molar-refractivity contribution in [2.45, 2.75) is 13.0 Å². The normalized spacial score (nSPS) is 14.7. The van der Waals surface area contributed by atoms with Gasteiger partial charge in [-0.25, -0.2) is 9.97 Å². The molecule has 6 nitrogen and oxygen atoms in total. The van der Waals surface area contributed by atoms with Crippen LogP contribution in [0.1, 0.15) is 11.3 Å². The second-order valence-electron chi connectivity index (χ2n) is 6.80. The summed E-state index contributed by atoms with van der Waals surface area (Å²) in [7, 11) is 0. The third kappa shape index (κ3) is 5.39. The van der Waals surface area contributed by atoms with Gasteiger partial charge in [-0.3, -0.25) is 9.69 Å². The Morgan fingerprint density at radius 2 is 2.00 bits per heavy atom. The van der Waals surface area contributed by atoms with E-state index >= 15 is 0 Å². The monoisotopic (exact) mass is 428 g/mol. The highest BCUT2D eigenvalue weighted by atomic mass is 35.5. The summed E-state index contributed by atoms with van der Waals surface area (Å²) >= 11 is 7.52. The first-order valence-corrected chi connectivity index (χ1v) is 10.7. The van der Waals surface area contributed by atoms with Crippen LogP contribution in [-0.4, -0.2) is 47.1 Å². The van der Waals surface area contributed by atoms with Crippen molar-refractivity contribution in [2.75, 3.05) is 31.6 Å². The van der Waals surface area contributed by atoms with Crippen molar-refractivity contribution in [1.29, 1.82) is 0 Å². The molecule has 150 valence electrons. The summed E-state index contributed by atoms with van der Waals surface area (Å²) < 4.78 is 5.40. The molecule has 3 aromatic rings. The zero-order valence-electron chi connectivity index (χ0n) is 15.8. The predicted octanol–water partition coefficient (Wildman–Crippen LogP) is 3.87. The van der Waals surface area contributed by atoms with Gasteiger partial charge in [-0.15, -0.1) is 11.3 Å². The first-order chi connectivity index (χ1) is 14.2. The number of hydrogen-bond donors (Lipinski definition) is 1. The van der Waals surface area contributed by atoms with E-state index in [9.17, 15) is 4.79 Å². The van der Waals surface area contributed by atoms with Crippen molar-refractivity contribution in [3.8, 4) is 10.6 Å². The molecule has 1 saturated heterocycles. The number of hydrogen-bond acceptors (Lipinski definition) is 6. The number of aromatic nitrogens is 2. The minimum atomic E-state index is -0.169. The van der Waals surface area contributed by atoms with E-state index in [1.807, 2.05) is 5.38 Å². The van der Waals surface area contributed by atoms with Crippen LogP contribution in [0.4, 0.5) is 5.69 Å². The third-order valence-electron chi connectivity index (χ3n) is 4.64. The van der Waals surface area contributed by atoms with Crippen molar-refractivity contribution in [3.05, 3.63) is 64.4 Å². The maximum Gasteiger partial charge on any atom is 0.230 e. The van der Waals surface area contributed by atoms with E-state index in [4.69, 9.17) is 16.3 Å². The number of ether oxygens (including phenoxy) is 1. The van der Waals surface area contributed by atoms with Gasteiger partial charge in [-0.2, -0.15) is 0 Å². The molecule has 0 saturated carbocycles. The molecule has 2 aromatic heterocycles. The minimum Gasteiger partial charge on any atom is -0.379 e. The average molecular weight is 429 g/mol. The predicted molar refractivity (Wildman–Crippen MR) is 115 cm³/mol. The number of carbonyl (C=O) groups is 1. The molecule has 4 rings (SSSR count). The summed E-state index contributed by atoms with van der Waals surface area (Å²) in [6.07, 6.45) is 1.77. The lowest BCUT2D eigenvalue weighted by atomic mass is 10.1. The van der Waals surface area contributed by atoms with Gasteiger partial charge in [0.25, 0.3) is 0 Å². The Bertz CT molecular complexity index is 971. The average Bonchev–Trinajstić information content (AvgIpc) is 3.19. The maximum absolute atomic E-state index is 12.3. The Kier molecular flexibility index (Phi) is 6.51. The van der Waals surface area contributed by atoms with Gasteiger partial charge >= 0.3 is 0 Å². The number of benzene rings is 1. The summed E-state index contributed by atoms with van der Waals surface area (Å²) in [6.45, 7) is 4.50. The van der Waals surface area contributed by atoms with Gasteiger partial charge in [0.15, 0.2) is 5.15 Å². The Hall–Kier alpha value is -2.32. The second kappa shape index (κ2) is 9.45. The highest BCUT2D eigenvalue weighted by molar-refractivity contribution is 7.13. The summed E-state index contributed by atoms with van der Waals surface area (Å²) in [5.41, 5.74) is 3.58. The van der Waals surface area contributed by atoms with E-state index in [1.54, 1.807) is 18.3 Å². The van der Waals surface area contributed by atoms with Crippen LogP contribution >= 0.6 is 22.9 Å². The van der Waals surface area contributed by atoms with Gasteiger partial charge in [-0.05, 0) is 17.7 Å². The topological polar surface area (TPSA) is 67.4 Å². The molecule has 1 fully saturated rings. The van der Waals surface area contributed by atoms with Crippen molar-refractivity contribution < 1.29 is 9.53 Å². The molecular formula is C21H21ClN4O2S. The quantitative estimate of drug-likeness (QED) is 0.603. The van der Waals surface area contributed by atoms with Gasteiger partial charge in [0, 0.05) is 36.8 Å². The van der Waals surface area contributed by atoms with Gasteiger partial charge in [0.05, 0.1) is 31.0 Å². The number of nitrogens with zero attached hydrogens (tertiary/aromatic N) is 3. The van der Waals surface area contributed by atoms with E-state index in [-0.39, 0.29) is 17.5 Å². The molecule has 0 spiro atoms. The lowest BCUT2D eigenvalue weighted by Crippen LogP contribution is -2.35. The molecule has 1 aliphatic rings. The molecule has 0 unspecified atom stereocenters. The van der Waals surface area contributed by atoms with Gasteiger partial charge in [0.1, 0.15) is 5.01 Å². The molecular weight excluding hydrogens is 408 g/mol. The van der Waals surface area contributed by atoms with E-state index < -0.39 is 0 Å². The van der Waals surface area contributed by atoms with Crippen LogP contribution in [0.15, 0.2) is 48.0 Å². The number of nitrogens with one attached hydrogen (secondary N) is 1. The van der Waals surface area contributed by atoms with E-state index in [0.29, 0.717) is 5.69 Å². The molecule has 1 N–H and O–H groups in total. The lowest BCUT2D eigenvalue weighted by Gasteiger charge is -2.26. The second-order valence-corrected chi connectivity index (χ2v) is 8.01. The maximum atomic E-state index is 12.3. The van der Waals surface area contributed by atoms with Crippen molar-refractivity contribution in [1.82, 2.24) is 14.9 Å². The zero-order chi connectivity index (χ0) is 20.1. The fraction of sp³-hybridized carbons (Fsp3) is 0.286. The molecule has 0 atom stereocenters. The van der Waals surface area contributed by atoms with E-state index in [2.05, 4.69) is 44.5 Å². The van der Waals surface area contributed by atoms with Crippen LogP contribution in [0.3, 0.4) is 0 Å². The van der Waals surface area contributed by atoms with Crippen LogP contribution in [0.25, 0.3) is 10.6 Å². The highest BCUT2D eigenvalue weighted by Crippen LogP contribution is 2.25. The highest BCUT2D eigenvalue weighted by Gasteiger charge is 2.13. The number of carbonyl (C=O) groups excluding carboxylic acids is 1.